The first kappa shape index (κ1) is 21.6. The standard InChI is InChI=1S/C26H28N4O2/c1-3-14-29-16-17-30(26(32)24-13-15-28(2)27-24)19-23(25(29)31)18-20-9-11-22(12-10-20)21-7-5-4-6-8-21/h3-13,15,23H,1,14,16-19H2,2H3/t23-/m0/s1. The fourth-order valence-corrected chi connectivity index (χ4v) is 4.16. The maximum Gasteiger partial charge on any atom is 0.274 e. The molecule has 0 unspecified atom stereocenters. The molecule has 2 amide bonds. The average Bonchev–Trinajstić information content (AvgIpc) is 3.20. The van der Waals surface area contributed by atoms with E-state index >= 15 is 0 Å². The molecule has 1 atom stereocenters. The van der Waals surface area contributed by atoms with Crippen molar-refractivity contribution in [2.75, 3.05) is 26.2 Å². The summed E-state index contributed by atoms with van der Waals surface area (Å²) >= 11 is 0. The van der Waals surface area contributed by atoms with E-state index in [0.717, 1.165) is 16.7 Å². The van der Waals surface area contributed by atoms with Gasteiger partial charge in [0.1, 0.15) is 5.69 Å². The van der Waals surface area contributed by atoms with Crippen LogP contribution in [0.15, 0.2) is 79.5 Å². The lowest BCUT2D eigenvalue weighted by molar-refractivity contribution is -0.134. The second kappa shape index (κ2) is 9.64. The van der Waals surface area contributed by atoms with Crippen LogP contribution in [-0.4, -0.2) is 57.6 Å². The van der Waals surface area contributed by atoms with Gasteiger partial charge in [-0.05, 0) is 29.2 Å². The molecule has 4 rings (SSSR count). The molecule has 1 aromatic heterocycles. The molecule has 32 heavy (non-hydrogen) atoms. The quantitative estimate of drug-likeness (QED) is 0.566. The number of carbonyl (C=O) groups excluding carboxylic acids is 2. The molecular formula is C26H28N4O2. The predicted octanol–water partition coefficient (Wildman–Crippen LogP) is 3.42. The second-order valence-electron chi connectivity index (χ2n) is 8.16. The Hall–Kier alpha value is -3.67. The third-order valence-electron chi connectivity index (χ3n) is 5.85. The van der Waals surface area contributed by atoms with Crippen molar-refractivity contribution in [1.29, 1.82) is 0 Å². The zero-order valence-electron chi connectivity index (χ0n) is 18.4. The normalized spacial score (nSPS) is 16.7. The number of hydrogen-bond acceptors (Lipinski definition) is 3. The summed E-state index contributed by atoms with van der Waals surface area (Å²) in [5.74, 6) is -0.385. The molecule has 1 aliphatic heterocycles. The molecular weight excluding hydrogens is 400 g/mol. The van der Waals surface area contributed by atoms with Gasteiger partial charge in [-0.3, -0.25) is 14.3 Å². The smallest absolute Gasteiger partial charge is 0.274 e. The van der Waals surface area contributed by atoms with Crippen molar-refractivity contribution in [3.05, 3.63) is 90.8 Å². The van der Waals surface area contributed by atoms with Crippen LogP contribution >= 0.6 is 0 Å². The molecule has 1 saturated heterocycles. The van der Waals surface area contributed by atoms with Gasteiger partial charge in [0.05, 0.1) is 5.92 Å². The van der Waals surface area contributed by atoms with Crippen LogP contribution in [0.4, 0.5) is 0 Å². The summed E-state index contributed by atoms with van der Waals surface area (Å²) in [6, 6.07) is 20.2. The first-order valence-corrected chi connectivity index (χ1v) is 10.9. The van der Waals surface area contributed by atoms with Gasteiger partial charge in [-0.2, -0.15) is 5.10 Å². The Labute approximate surface area is 188 Å². The Morgan fingerprint density at radius 1 is 1.06 bits per heavy atom. The van der Waals surface area contributed by atoms with Crippen molar-refractivity contribution in [3.63, 3.8) is 0 Å². The summed E-state index contributed by atoms with van der Waals surface area (Å²) in [4.78, 5) is 29.8. The first-order chi connectivity index (χ1) is 15.5. The maximum absolute atomic E-state index is 13.3. The lowest BCUT2D eigenvalue weighted by atomic mass is 9.95. The largest absolute Gasteiger partial charge is 0.337 e. The van der Waals surface area contributed by atoms with Gasteiger partial charge in [0.15, 0.2) is 0 Å². The van der Waals surface area contributed by atoms with Gasteiger partial charge in [0.2, 0.25) is 5.91 Å². The zero-order valence-corrected chi connectivity index (χ0v) is 18.4. The SMILES string of the molecule is C=CCN1CCN(C(=O)c2ccn(C)n2)C[C@H](Cc2ccc(-c3ccccc3)cc2)C1=O. The lowest BCUT2D eigenvalue weighted by Gasteiger charge is -2.23. The van der Waals surface area contributed by atoms with E-state index < -0.39 is 0 Å². The summed E-state index contributed by atoms with van der Waals surface area (Å²) in [6.45, 7) is 5.62. The van der Waals surface area contributed by atoms with Crippen molar-refractivity contribution in [2.24, 2.45) is 13.0 Å². The average molecular weight is 429 g/mol. The first-order valence-electron chi connectivity index (χ1n) is 10.9. The molecule has 1 fully saturated rings. The van der Waals surface area contributed by atoms with E-state index in [1.165, 1.54) is 0 Å². The summed E-state index contributed by atoms with van der Waals surface area (Å²) in [5, 5.41) is 4.25. The van der Waals surface area contributed by atoms with E-state index in [0.29, 0.717) is 38.3 Å². The molecule has 6 nitrogen and oxygen atoms in total. The molecule has 2 aromatic carbocycles. The van der Waals surface area contributed by atoms with E-state index in [9.17, 15) is 9.59 Å². The van der Waals surface area contributed by atoms with E-state index in [2.05, 4.69) is 48.1 Å². The number of amides is 2. The Bertz CT molecular complexity index is 1090. The van der Waals surface area contributed by atoms with Gasteiger partial charge >= 0.3 is 0 Å². The molecule has 2 heterocycles. The van der Waals surface area contributed by atoms with E-state index in [-0.39, 0.29) is 17.7 Å². The van der Waals surface area contributed by atoms with E-state index in [1.54, 1.807) is 39.9 Å². The van der Waals surface area contributed by atoms with Crippen LogP contribution in [0.5, 0.6) is 0 Å². The van der Waals surface area contributed by atoms with Crippen molar-refractivity contribution in [3.8, 4) is 11.1 Å². The van der Waals surface area contributed by atoms with Crippen LogP contribution in [0, 0.1) is 5.92 Å². The lowest BCUT2D eigenvalue weighted by Crippen LogP contribution is -2.38. The number of rotatable bonds is 6. The van der Waals surface area contributed by atoms with Gasteiger partial charge in [-0.25, -0.2) is 0 Å². The molecule has 3 aromatic rings. The minimum Gasteiger partial charge on any atom is -0.337 e. The number of aromatic nitrogens is 2. The number of hydrogen-bond donors (Lipinski definition) is 0. The minimum atomic E-state index is -0.312. The van der Waals surface area contributed by atoms with Crippen molar-refractivity contribution >= 4 is 11.8 Å². The Kier molecular flexibility index (Phi) is 6.50. The zero-order chi connectivity index (χ0) is 22.5. The number of nitrogens with zero attached hydrogens (tertiary/aromatic N) is 4. The summed E-state index contributed by atoms with van der Waals surface area (Å²) in [5.41, 5.74) is 3.78. The highest BCUT2D eigenvalue weighted by atomic mass is 16.2. The highest BCUT2D eigenvalue weighted by molar-refractivity contribution is 5.93. The fourth-order valence-electron chi connectivity index (χ4n) is 4.16. The van der Waals surface area contributed by atoms with Gasteiger partial charge in [0.25, 0.3) is 5.91 Å². The van der Waals surface area contributed by atoms with Crippen LogP contribution in [0.1, 0.15) is 16.1 Å². The van der Waals surface area contributed by atoms with Gasteiger partial charge in [0, 0.05) is 39.4 Å². The Morgan fingerprint density at radius 2 is 1.78 bits per heavy atom. The summed E-state index contributed by atoms with van der Waals surface area (Å²) in [6.07, 6.45) is 4.07. The number of carbonyl (C=O) groups is 2. The monoisotopic (exact) mass is 428 g/mol. The predicted molar refractivity (Wildman–Crippen MR) is 125 cm³/mol. The molecule has 0 radical (unpaired) electrons. The van der Waals surface area contributed by atoms with Gasteiger partial charge in [-0.15, -0.1) is 6.58 Å². The Morgan fingerprint density at radius 3 is 2.44 bits per heavy atom. The van der Waals surface area contributed by atoms with Crippen LogP contribution in [0.2, 0.25) is 0 Å². The molecule has 0 spiro atoms. The van der Waals surface area contributed by atoms with Gasteiger partial charge < -0.3 is 9.80 Å². The van der Waals surface area contributed by atoms with Crippen LogP contribution in [0.3, 0.4) is 0 Å². The second-order valence-corrected chi connectivity index (χ2v) is 8.16. The summed E-state index contributed by atoms with van der Waals surface area (Å²) in [7, 11) is 1.79. The summed E-state index contributed by atoms with van der Waals surface area (Å²) < 4.78 is 1.62. The van der Waals surface area contributed by atoms with Crippen LogP contribution < -0.4 is 0 Å². The van der Waals surface area contributed by atoms with Crippen molar-refractivity contribution < 1.29 is 9.59 Å². The molecule has 0 saturated carbocycles. The van der Waals surface area contributed by atoms with Gasteiger partial charge in [-0.1, -0.05) is 60.7 Å². The number of aryl methyl sites for hydroxylation is 1. The maximum atomic E-state index is 13.3. The third kappa shape index (κ3) is 4.80. The topological polar surface area (TPSA) is 58.4 Å². The third-order valence-corrected chi connectivity index (χ3v) is 5.85. The van der Waals surface area contributed by atoms with Crippen LogP contribution in [-0.2, 0) is 18.3 Å². The van der Waals surface area contributed by atoms with E-state index in [1.807, 2.05) is 18.2 Å². The molecule has 164 valence electrons. The molecule has 1 aliphatic rings. The van der Waals surface area contributed by atoms with Crippen molar-refractivity contribution in [1.82, 2.24) is 19.6 Å². The minimum absolute atomic E-state index is 0.0633. The fraction of sp³-hybridized carbons (Fsp3) is 0.269. The highest BCUT2D eigenvalue weighted by Crippen LogP contribution is 2.22. The molecule has 0 bridgehead atoms. The van der Waals surface area contributed by atoms with E-state index in [4.69, 9.17) is 0 Å². The van der Waals surface area contributed by atoms with Crippen LogP contribution in [0.25, 0.3) is 11.1 Å². The van der Waals surface area contributed by atoms with Crippen molar-refractivity contribution in [2.45, 2.75) is 6.42 Å². The Balaban J connectivity index is 1.54. The molecule has 6 heteroatoms. The number of benzene rings is 2. The molecule has 0 N–H and O–H groups in total. The molecule has 0 aliphatic carbocycles. The highest BCUT2D eigenvalue weighted by Gasteiger charge is 2.32.